The van der Waals surface area contributed by atoms with Crippen LogP contribution in [-0.2, 0) is 26.1 Å². The number of ether oxygens (including phenoxy) is 2. The second kappa shape index (κ2) is 11.9. The fourth-order valence-corrected chi connectivity index (χ4v) is 7.15. The number of carbonyl (C=O) groups excluding carboxylic acids is 2. The van der Waals surface area contributed by atoms with Crippen LogP contribution in [0.1, 0.15) is 73.2 Å². The van der Waals surface area contributed by atoms with Crippen molar-refractivity contribution >= 4 is 32.8 Å². The fraction of sp³-hybridized carbons (Fsp3) is 0.484. The summed E-state index contributed by atoms with van der Waals surface area (Å²) in [7, 11) is -1.59. The van der Waals surface area contributed by atoms with Gasteiger partial charge in [-0.1, -0.05) is 25.3 Å². The molecule has 2 fully saturated rings. The van der Waals surface area contributed by atoms with E-state index in [0.717, 1.165) is 54.3 Å². The molecule has 5 rings (SSSR count). The quantitative estimate of drug-likeness (QED) is 0.266. The summed E-state index contributed by atoms with van der Waals surface area (Å²) in [6, 6.07) is 12.5. The third kappa shape index (κ3) is 6.68. The highest BCUT2D eigenvalue weighted by Crippen LogP contribution is 2.51. The molecule has 2 aliphatic carbocycles. The van der Waals surface area contributed by atoms with Gasteiger partial charge in [0.25, 0.3) is 5.91 Å². The summed E-state index contributed by atoms with van der Waals surface area (Å²) >= 11 is 0. The monoisotopic (exact) mass is 620 g/mol. The summed E-state index contributed by atoms with van der Waals surface area (Å²) in [5, 5.41) is 0.884. The lowest BCUT2D eigenvalue weighted by Gasteiger charge is -2.24. The first-order valence-corrected chi connectivity index (χ1v) is 16.0. The number of nitrogens with one attached hydrogen (secondary N) is 1. The van der Waals surface area contributed by atoms with Crippen molar-refractivity contribution in [3.8, 4) is 17.0 Å². The summed E-state index contributed by atoms with van der Waals surface area (Å²) in [5.41, 5.74) is 2.81. The Bertz CT molecular complexity index is 1620. The number of hydrogen-bond donors (Lipinski definition) is 1. The van der Waals surface area contributed by atoms with Gasteiger partial charge >= 0.3 is 12.1 Å². The number of fused-ring (bicyclic) bond motifs is 1. The van der Waals surface area contributed by atoms with Crippen LogP contribution in [0.15, 0.2) is 42.5 Å². The smallest absolute Gasteiger partial charge is 0.390 e. The zero-order valence-electron chi connectivity index (χ0n) is 24.1. The maximum atomic E-state index is 13.1. The Morgan fingerprint density at radius 1 is 1.02 bits per heavy atom. The van der Waals surface area contributed by atoms with E-state index in [0.29, 0.717) is 30.7 Å². The molecule has 1 amide bonds. The van der Waals surface area contributed by atoms with E-state index in [4.69, 9.17) is 9.47 Å². The van der Waals surface area contributed by atoms with Crippen LogP contribution < -0.4 is 9.46 Å². The number of methoxy groups -OCH3 is 2. The Morgan fingerprint density at radius 2 is 1.70 bits per heavy atom. The van der Waals surface area contributed by atoms with Crippen LogP contribution in [-0.4, -0.2) is 51.0 Å². The van der Waals surface area contributed by atoms with Gasteiger partial charge in [-0.25, -0.2) is 13.1 Å². The normalized spacial score (nSPS) is 17.0. The highest BCUT2D eigenvalue weighted by atomic mass is 32.2. The van der Waals surface area contributed by atoms with Crippen molar-refractivity contribution in [1.82, 2.24) is 9.29 Å². The molecule has 0 radical (unpaired) electrons. The second-order valence-corrected chi connectivity index (χ2v) is 13.4. The number of esters is 1. The van der Waals surface area contributed by atoms with Crippen LogP contribution >= 0.6 is 0 Å². The Hall–Kier alpha value is -3.54. The molecule has 0 unspecified atom stereocenters. The van der Waals surface area contributed by atoms with Crippen molar-refractivity contribution < 1.29 is 40.7 Å². The number of carbonyl (C=O) groups is 2. The minimum absolute atomic E-state index is 0.0128. The van der Waals surface area contributed by atoms with Gasteiger partial charge in [-0.3, -0.25) is 9.59 Å². The van der Waals surface area contributed by atoms with Crippen molar-refractivity contribution in [3.05, 3.63) is 53.6 Å². The molecular weight excluding hydrogens is 585 g/mol. The lowest BCUT2D eigenvalue weighted by molar-refractivity contribution is -0.147. The van der Waals surface area contributed by atoms with Gasteiger partial charge in [0.2, 0.25) is 10.0 Å². The van der Waals surface area contributed by atoms with Crippen LogP contribution in [0.4, 0.5) is 13.2 Å². The van der Waals surface area contributed by atoms with E-state index < -0.39 is 39.7 Å². The van der Waals surface area contributed by atoms with Crippen LogP contribution in [0.25, 0.3) is 22.2 Å². The molecule has 3 aromatic rings. The van der Waals surface area contributed by atoms with E-state index in [9.17, 15) is 31.2 Å². The van der Waals surface area contributed by atoms with Crippen LogP contribution in [0.5, 0.6) is 5.75 Å². The van der Waals surface area contributed by atoms with Crippen LogP contribution in [0.3, 0.4) is 0 Å². The molecule has 1 aromatic heterocycles. The Kier molecular flexibility index (Phi) is 8.52. The van der Waals surface area contributed by atoms with Gasteiger partial charge in [0.15, 0.2) is 0 Å². The third-order valence-corrected chi connectivity index (χ3v) is 9.82. The number of nitrogens with zero attached hydrogens (tertiary/aromatic N) is 1. The molecule has 1 heterocycles. The van der Waals surface area contributed by atoms with E-state index in [1.807, 2.05) is 28.8 Å². The minimum atomic E-state index is -4.68. The molecule has 2 saturated carbocycles. The molecule has 8 nitrogen and oxygen atoms in total. The average Bonchev–Trinajstić information content (AvgIpc) is 3.71. The molecule has 43 heavy (non-hydrogen) atoms. The first-order valence-electron chi connectivity index (χ1n) is 14.4. The van der Waals surface area contributed by atoms with Crippen molar-refractivity contribution in [2.45, 2.75) is 70.0 Å². The molecule has 2 aliphatic rings. The minimum Gasteiger partial charge on any atom is -0.497 e. The molecule has 2 aromatic carbocycles. The second-order valence-electron chi connectivity index (χ2n) is 11.5. The van der Waals surface area contributed by atoms with Gasteiger partial charge in [-0.15, -0.1) is 0 Å². The number of alkyl halides is 3. The molecule has 0 saturated heterocycles. The summed E-state index contributed by atoms with van der Waals surface area (Å²) < 4.78 is 76.9. The first-order chi connectivity index (χ1) is 20.4. The van der Waals surface area contributed by atoms with Gasteiger partial charge in [-0.05, 0) is 79.1 Å². The zero-order chi connectivity index (χ0) is 31.0. The van der Waals surface area contributed by atoms with Crippen molar-refractivity contribution in [2.75, 3.05) is 20.0 Å². The zero-order valence-corrected chi connectivity index (χ0v) is 24.9. The summed E-state index contributed by atoms with van der Waals surface area (Å²) in [6.07, 6.45) is 0.269. The van der Waals surface area contributed by atoms with E-state index in [1.54, 1.807) is 24.0 Å². The number of aromatic nitrogens is 1. The maximum Gasteiger partial charge on any atom is 0.390 e. The summed E-state index contributed by atoms with van der Waals surface area (Å²) in [5.74, 6) is -1.68. The average molecular weight is 621 g/mol. The van der Waals surface area contributed by atoms with E-state index in [-0.39, 0.29) is 17.5 Å². The molecule has 0 aliphatic heterocycles. The van der Waals surface area contributed by atoms with Crippen molar-refractivity contribution in [3.63, 3.8) is 0 Å². The van der Waals surface area contributed by atoms with Gasteiger partial charge in [-0.2, -0.15) is 13.2 Å². The first kappa shape index (κ1) is 30.9. The summed E-state index contributed by atoms with van der Waals surface area (Å²) in [6.45, 7) is 0.291. The maximum absolute atomic E-state index is 13.1. The highest BCUT2D eigenvalue weighted by Gasteiger charge is 2.52. The fourth-order valence-electron chi connectivity index (χ4n) is 6.14. The molecule has 0 bridgehead atoms. The van der Waals surface area contributed by atoms with Gasteiger partial charge in [0.1, 0.15) is 5.75 Å². The predicted molar refractivity (Wildman–Crippen MR) is 155 cm³/mol. The number of benzene rings is 2. The van der Waals surface area contributed by atoms with Crippen molar-refractivity contribution in [1.29, 1.82) is 0 Å². The topological polar surface area (TPSA) is 104 Å². The number of sulfonamides is 1. The highest BCUT2D eigenvalue weighted by molar-refractivity contribution is 7.90. The van der Waals surface area contributed by atoms with Gasteiger partial charge in [0, 0.05) is 23.0 Å². The van der Waals surface area contributed by atoms with E-state index in [2.05, 4.69) is 0 Å². The Balaban J connectivity index is 1.65. The van der Waals surface area contributed by atoms with E-state index in [1.165, 1.54) is 13.2 Å². The predicted octanol–water partition coefficient (Wildman–Crippen LogP) is 6.33. The Labute approximate surface area is 248 Å². The van der Waals surface area contributed by atoms with Gasteiger partial charge < -0.3 is 14.0 Å². The molecule has 232 valence electrons. The van der Waals surface area contributed by atoms with Crippen LogP contribution in [0, 0.1) is 5.41 Å². The van der Waals surface area contributed by atoms with Crippen molar-refractivity contribution in [2.24, 2.45) is 5.41 Å². The number of rotatable bonds is 10. The molecule has 0 spiro atoms. The Morgan fingerprint density at radius 3 is 2.28 bits per heavy atom. The molecular formula is C31H35F3N2O6S. The molecule has 12 heteroatoms. The number of halogens is 3. The third-order valence-electron chi connectivity index (χ3n) is 8.58. The standard InChI is InChI=1S/C31H35F3N2O6S/c1-41-23-11-8-21(9-12-23)27-26(20-6-4-3-5-7-20)24-13-10-22(28(37)35-43(39,40)17-16-31(32,33)34)18-25(24)36(27)19-30(14-15-30)29(38)42-2/h8-13,18,20H,3-7,14-17,19H2,1-2H3,(H,35,37). The van der Waals surface area contributed by atoms with Crippen LogP contribution in [0.2, 0.25) is 0 Å². The van der Waals surface area contributed by atoms with Gasteiger partial charge in [0.05, 0.1) is 37.5 Å². The molecule has 0 atom stereocenters. The SMILES string of the molecule is COC(=O)C1(Cn2c(-c3ccc(OC)cc3)c(C3CCCCC3)c3ccc(C(=O)NS(=O)(=O)CCC(F)(F)F)cc32)CC1. The largest absolute Gasteiger partial charge is 0.497 e. The number of hydrogen-bond acceptors (Lipinski definition) is 6. The lowest BCUT2D eigenvalue weighted by Crippen LogP contribution is -2.34. The lowest BCUT2D eigenvalue weighted by atomic mass is 9.81. The summed E-state index contributed by atoms with van der Waals surface area (Å²) in [4.78, 5) is 25.9. The van der Waals surface area contributed by atoms with E-state index >= 15 is 0 Å². The number of amides is 1. The molecule has 1 N–H and O–H groups in total.